The van der Waals surface area contributed by atoms with Crippen LogP contribution in [0, 0.1) is 13.8 Å². The number of nitrogens with zero attached hydrogens (tertiary/aromatic N) is 3. The van der Waals surface area contributed by atoms with E-state index in [2.05, 4.69) is 34.6 Å². The Morgan fingerprint density at radius 1 is 1.14 bits per heavy atom. The highest BCUT2D eigenvalue weighted by atomic mass is 127. The minimum absolute atomic E-state index is 0. The number of hydrogen-bond acceptors (Lipinski definition) is 4. The topological polar surface area (TPSA) is 72.7 Å². The molecule has 1 aromatic heterocycles. The van der Waals surface area contributed by atoms with E-state index in [9.17, 15) is 0 Å². The molecule has 0 spiro atoms. The van der Waals surface area contributed by atoms with Crippen LogP contribution in [-0.4, -0.2) is 43.1 Å². The Morgan fingerprint density at radius 2 is 1.86 bits per heavy atom. The SMILES string of the molecule is CCNC(=NCc1ccc(OC)cc1)NCc1c(C)nn(CCOC)c1C.I. The van der Waals surface area contributed by atoms with E-state index in [4.69, 9.17) is 9.47 Å². The summed E-state index contributed by atoms with van der Waals surface area (Å²) in [4.78, 5) is 4.68. The third-order valence-electron chi connectivity index (χ3n) is 4.39. The van der Waals surface area contributed by atoms with Gasteiger partial charge in [0, 0.05) is 31.5 Å². The second kappa shape index (κ2) is 12.6. The fourth-order valence-corrected chi connectivity index (χ4v) is 2.80. The Morgan fingerprint density at radius 3 is 2.46 bits per heavy atom. The number of ether oxygens (including phenoxy) is 2. The number of rotatable bonds is 9. The second-order valence-electron chi connectivity index (χ2n) is 6.26. The Labute approximate surface area is 184 Å². The van der Waals surface area contributed by atoms with Crippen LogP contribution in [0.2, 0.25) is 0 Å². The zero-order valence-electron chi connectivity index (χ0n) is 17.4. The maximum atomic E-state index is 5.19. The molecule has 156 valence electrons. The lowest BCUT2D eigenvalue weighted by Crippen LogP contribution is -2.37. The van der Waals surface area contributed by atoms with Crippen molar-refractivity contribution in [2.75, 3.05) is 27.4 Å². The molecule has 2 N–H and O–H groups in total. The molecule has 0 amide bonds. The van der Waals surface area contributed by atoms with Gasteiger partial charge in [0.25, 0.3) is 0 Å². The van der Waals surface area contributed by atoms with Crippen molar-refractivity contribution in [1.29, 1.82) is 0 Å². The van der Waals surface area contributed by atoms with Gasteiger partial charge in [-0.05, 0) is 38.5 Å². The van der Waals surface area contributed by atoms with Crippen LogP contribution in [0.5, 0.6) is 5.75 Å². The summed E-state index contributed by atoms with van der Waals surface area (Å²) in [5.41, 5.74) is 4.51. The number of aliphatic imine (C=N–C) groups is 1. The first-order valence-corrected chi connectivity index (χ1v) is 9.26. The summed E-state index contributed by atoms with van der Waals surface area (Å²) in [7, 11) is 3.37. The second-order valence-corrected chi connectivity index (χ2v) is 6.26. The van der Waals surface area contributed by atoms with Gasteiger partial charge in [0.05, 0.1) is 32.5 Å². The lowest BCUT2D eigenvalue weighted by atomic mass is 10.2. The Hall–Kier alpha value is -1.81. The van der Waals surface area contributed by atoms with Crippen LogP contribution in [-0.2, 0) is 24.4 Å². The van der Waals surface area contributed by atoms with Crippen molar-refractivity contribution in [3.63, 3.8) is 0 Å². The number of guanidine groups is 1. The fourth-order valence-electron chi connectivity index (χ4n) is 2.80. The molecule has 0 saturated heterocycles. The van der Waals surface area contributed by atoms with Crippen molar-refractivity contribution >= 4 is 29.9 Å². The van der Waals surface area contributed by atoms with Gasteiger partial charge in [-0.2, -0.15) is 5.10 Å². The lowest BCUT2D eigenvalue weighted by Gasteiger charge is -2.12. The van der Waals surface area contributed by atoms with Gasteiger partial charge in [0.2, 0.25) is 0 Å². The Bertz CT molecular complexity index is 744. The third-order valence-corrected chi connectivity index (χ3v) is 4.39. The first kappa shape index (κ1) is 24.2. The summed E-state index contributed by atoms with van der Waals surface area (Å²) in [6.45, 7) is 9.69. The minimum Gasteiger partial charge on any atom is -0.497 e. The molecule has 0 bridgehead atoms. The summed E-state index contributed by atoms with van der Waals surface area (Å²) in [6, 6.07) is 7.96. The van der Waals surface area contributed by atoms with Crippen molar-refractivity contribution in [1.82, 2.24) is 20.4 Å². The molecule has 8 heteroatoms. The van der Waals surface area contributed by atoms with Crippen LogP contribution < -0.4 is 15.4 Å². The molecule has 0 aliphatic heterocycles. The summed E-state index contributed by atoms with van der Waals surface area (Å²) in [6.07, 6.45) is 0. The smallest absolute Gasteiger partial charge is 0.191 e. The molecule has 2 aromatic rings. The fraction of sp³-hybridized carbons (Fsp3) is 0.500. The van der Waals surface area contributed by atoms with Crippen molar-refractivity contribution < 1.29 is 9.47 Å². The molecule has 0 radical (unpaired) electrons. The van der Waals surface area contributed by atoms with Gasteiger partial charge in [0.15, 0.2) is 5.96 Å². The van der Waals surface area contributed by atoms with Crippen LogP contribution in [0.15, 0.2) is 29.3 Å². The molecule has 0 aliphatic rings. The number of methoxy groups -OCH3 is 2. The average molecular weight is 501 g/mol. The summed E-state index contributed by atoms with van der Waals surface area (Å²) in [5, 5.41) is 11.3. The zero-order chi connectivity index (χ0) is 19.6. The van der Waals surface area contributed by atoms with E-state index in [0.29, 0.717) is 19.7 Å². The number of halogens is 1. The summed E-state index contributed by atoms with van der Waals surface area (Å²) < 4.78 is 12.3. The van der Waals surface area contributed by atoms with Gasteiger partial charge in [-0.3, -0.25) is 4.68 Å². The number of hydrogen-bond donors (Lipinski definition) is 2. The molecule has 7 nitrogen and oxygen atoms in total. The predicted octanol–water partition coefficient (Wildman–Crippen LogP) is 3.03. The molecule has 28 heavy (non-hydrogen) atoms. The normalized spacial score (nSPS) is 11.1. The van der Waals surface area contributed by atoms with Gasteiger partial charge >= 0.3 is 0 Å². The van der Waals surface area contributed by atoms with E-state index < -0.39 is 0 Å². The van der Waals surface area contributed by atoms with Gasteiger partial charge in [-0.15, -0.1) is 24.0 Å². The third kappa shape index (κ3) is 6.97. The van der Waals surface area contributed by atoms with E-state index >= 15 is 0 Å². The minimum atomic E-state index is 0. The molecule has 0 unspecified atom stereocenters. The van der Waals surface area contributed by atoms with E-state index in [1.54, 1.807) is 14.2 Å². The van der Waals surface area contributed by atoms with Gasteiger partial charge < -0.3 is 20.1 Å². The highest BCUT2D eigenvalue weighted by molar-refractivity contribution is 14.0. The van der Waals surface area contributed by atoms with E-state index in [1.807, 2.05) is 35.9 Å². The van der Waals surface area contributed by atoms with Crippen LogP contribution in [0.1, 0.15) is 29.4 Å². The molecule has 2 rings (SSSR count). The van der Waals surface area contributed by atoms with Crippen molar-refractivity contribution in [3.05, 3.63) is 46.8 Å². The Kier molecular flexibility index (Phi) is 10.9. The first-order valence-electron chi connectivity index (χ1n) is 9.26. The largest absolute Gasteiger partial charge is 0.497 e. The highest BCUT2D eigenvalue weighted by Crippen LogP contribution is 2.13. The lowest BCUT2D eigenvalue weighted by molar-refractivity contribution is 0.182. The maximum Gasteiger partial charge on any atom is 0.191 e. The molecule has 0 atom stereocenters. The number of aryl methyl sites for hydroxylation is 1. The summed E-state index contributed by atoms with van der Waals surface area (Å²) in [5.74, 6) is 1.64. The van der Waals surface area contributed by atoms with E-state index in [-0.39, 0.29) is 24.0 Å². The molecule has 1 aromatic carbocycles. The van der Waals surface area contributed by atoms with Gasteiger partial charge in [0.1, 0.15) is 5.75 Å². The van der Waals surface area contributed by atoms with E-state index in [1.165, 1.54) is 5.56 Å². The van der Waals surface area contributed by atoms with E-state index in [0.717, 1.165) is 41.7 Å². The predicted molar refractivity (Wildman–Crippen MR) is 124 cm³/mol. The van der Waals surface area contributed by atoms with Crippen LogP contribution in [0.3, 0.4) is 0 Å². The monoisotopic (exact) mass is 501 g/mol. The van der Waals surface area contributed by atoms with Crippen LogP contribution in [0.25, 0.3) is 0 Å². The van der Waals surface area contributed by atoms with Gasteiger partial charge in [-0.1, -0.05) is 12.1 Å². The molecular weight excluding hydrogens is 469 g/mol. The summed E-state index contributed by atoms with van der Waals surface area (Å²) >= 11 is 0. The molecule has 1 heterocycles. The van der Waals surface area contributed by atoms with Gasteiger partial charge in [-0.25, -0.2) is 4.99 Å². The number of benzene rings is 1. The zero-order valence-corrected chi connectivity index (χ0v) is 19.7. The highest BCUT2D eigenvalue weighted by Gasteiger charge is 2.11. The first-order chi connectivity index (χ1) is 13.1. The van der Waals surface area contributed by atoms with Crippen molar-refractivity contribution in [3.8, 4) is 5.75 Å². The molecule has 0 aliphatic carbocycles. The molecule has 0 saturated carbocycles. The maximum absolute atomic E-state index is 5.19. The molecule has 0 fully saturated rings. The molecular formula is C20H32IN5O2. The quantitative estimate of drug-likeness (QED) is 0.314. The van der Waals surface area contributed by atoms with Crippen molar-refractivity contribution in [2.24, 2.45) is 4.99 Å². The average Bonchev–Trinajstić information content (AvgIpc) is 2.95. The van der Waals surface area contributed by atoms with Crippen LogP contribution in [0.4, 0.5) is 0 Å². The standard InChI is InChI=1S/C20H31N5O2.HI/c1-6-21-20(22-13-17-7-9-18(27-5)10-8-17)23-14-19-15(2)24-25(16(19)3)11-12-26-4;/h7-10H,6,11-14H2,1-5H3,(H2,21,22,23);1H. The number of nitrogens with one attached hydrogen (secondary N) is 2. The van der Waals surface area contributed by atoms with Crippen molar-refractivity contribution in [2.45, 2.75) is 40.4 Å². The van der Waals surface area contributed by atoms with Crippen LogP contribution >= 0.6 is 24.0 Å². The number of aromatic nitrogens is 2. The Balaban J connectivity index is 0.00000392.